The maximum Gasteiger partial charge on any atom is 0.405 e. The Morgan fingerprint density at radius 1 is 1.24 bits per heavy atom. The number of carbonyl (C=O) groups excluding carboxylic acids is 2. The monoisotopic (exact) mass is 415 g/mol. The minimum Gasteiger partial charge on any atom is -0.465 e. The Morgan fingerprint density at radius 3 is 2.44 bits per heavy atom. The van der Waals surface area contributed by atoms with Crippen LogP contribution >= 0.6 is 15.9 Å². The first-order valence-corrected chi connectivity index (χ1v) is 8.29. The summed E-state index contributed by atoms with van der Waals surface area (Å²) >= 11 is 3.32. The number of hydrogen-bond donors (Lipinski definition) is 4. The molecule has 1 aromatic rings. The summed E-state index contributed by atoms with van der Waals surface area (Å²) in [6.45, 7) is 6.92. The molecule has 9 heteroatoms. The molecule has 0 aliphatic heterocycles. The zero-order valence-corrected chi connectivity index (χ0v) is 16.1. The molecule has 1 aromatic carbocycles. The lowest BCUT2D eigenvalue weighted by Crippen LogP contribution is -2.54. The van der Waals surface area contributed by atoms with Crippen molar-refractivity contribution < 1.29 is 24.2 Å². The van der Waals surface area contributed by atoms with Crippen molar-refractivity contribution in [3.8, 4) is 0 Å². The number of amides is 3. The van der Waals surface area contributed by atoms with Gasteiger partial charge >= 0.3 is 6.09 Å². The molecule has 0 fully saturated rings. The summed E-state index contributed by atoms with van der Waals surface area (Å²) in [5.74, 6) is -1.24. The van der Waals surface area contributed by atoms with E-state index in [0.717, 1.165) is 4.47 Å². The average molecular weight is 416 g/mol. The van der Waals surface area contributed by atoms with Crippen LogP contribution in [-0.4, -0.2) is 41.3 Å². The predicted octanol–water partition coefficient (Wildman–Crippen LogP) is 1.97. The highest BCUT2D eigenvalue weighted by molar-refractivity contribution is 9.10. The van der Waals surface area contributed by atoms with Gasteiger partial charge in [-0.25, -0.2) is 4.79 Å². The standard InChI is InChI=1S/C16H22BrN3O5/c1-9-10(6-5-7-11(9)17)13(21)19-20-14(22)12(18-15(23)24)8-25-16(2,3)4/h5-7,12,18H,8H2,1-4H3,(H,19,21)(H,20,22)(H,23,24). The molecule has 0 radical (unpaired) electrons. The smallest absolute Gasteiger partial charge is 0.405 e. The van der Waals surface area contributed by atoms with Crippen LogP contribution in [0.5, 0.6) is 0 Å². The van der Waals surface area contributed by atoms with Crippen LogP contribution in [-0.2, 0) is 9.53 Å². The van der Waals surface area contributed by atoms with Crippen molar-refractivity contribution in [1.29, 1.82) is 0 Å². The van der Waals surface area contributed by atoms with Gasteiger partial charge in [0.2, 0.25) is 0 Å². The molecule has 25 heavy (non-hydrogen) atoms. The third kappa shape index (κ3) is 7.10. The molecule has 0 heterocycles. The van der Waals surface area contributed by atoms with Crippen molar-refractivity contribution in [2.75, 3.05) is 6.61 Å². The minimum atomic E-state index is -1.37. The lowest BCUT2D eigenvalue weighted by atomic mass is 10.1. The van der Waals surface area contributed by atoms with Crippen LogP contribution in [0.15, 0.2) is 22.7 Å². The van der Waals surface area contributed by atoms with Crippen LogP contribution in [0.25, 0.3) is 0 Å². The highest BCUT2D eigenvalue weighted by Gasteiger charge is 2.24. The molecule has 0 saturated heterocycles. The van der Waals surface area contributed by atoms with Crippen molar-refractivity contribution in [2.45, 2.75) is 39.3 Å². The fourth-order valence-corrected chi connectivity index (χ4v) is 2.16. The van der Waals surface area contributed by atoms with Gasteiger partial charge in [0.15, 0.2) is 0 Å². The highest BCUT2D eigenvalue weighted by atomic mass is 79.9. The molecule has 8 nitrogen and oxygen atoms in total. The molecule has 1 unspecified atom stereocenters. The molecule has 1 rings (SSSR count). The Labute approximate surface area is 154 Å². The Hall–Kier alpha value is -2.13. The number of benzene rings is 1. The van der Waals surface area contributed by atoms with Gasteiger partial charge in [-0.15, -0.1) is 0 Å². The van der Waals surface area contributed by atoms with E-state index < -0.39 is 29.6 Å². The molecule has 138 valence electrons. The second-order valence-corrected chi connectivity index (χ2v) is 7.14. The first kappa shape index (κ1) is 20.9. The van der Waals surface area contributed by atoms with Gasteiger partial charge in [0, 0.05) is 10.0 Å². The number of hydrogen-bond acceptors (Lipinski definition) is 4. The summed E-state index contributed by atoms with van der Waals surface area (Å²) in [5, 5.41) is 10.9. The van der Waals surface area contributed by atoms with E-state index in [1.807, 2.05) is 0 Å². The van der Waals surface area contributed by atoms with Crippen LogP contribution in [0.2, 0.25) is 0 Å². The van der Waals surface area contributed by atoms with E-state index in [-0.39, 0.29) is 6.61 Å². The van der Waals surface area contributed by atoms with Gasteiger partial charge in [0.25, 0.3) is 11.8 Å². The van der Waals surface area contributed by atoms with Gasteiger partial charge in [-0.05, 0) is 45.4 Å². The van der Waals surface area contributed by atoms with Gasteiger partial charge in [-0.1, -0.05) is 22.0 Å². The molecule has 1 atom stereocenters. The zero-order valence-electron chi connectivity index (χ0n) is 14.5. The Balaban J connectivity index is 2.71. The molecule has 4 N–H and O–H groups in total. The second-order valence-electron chi connectivity index (χ2n) is 6.28. The van der Waals surface area contributed by atoms with Gasteiger partial charge in [-0.3, -0.25) is 20.4 Å². The lowest BCUT2D eigenvalue weighted by molar-refractivity contribution is -0.126. The quantitative estimate of drug-likeness (QED) is 0.548. The molecule has 0 aliphatic carbocycles. The topological polar surface area (TPSA) is 117 Å². The van der Waals surface area contributed by atoms with Crippen molar-refractivity contribution >= 4 is 33.8 Å². The molecule has 0 saturated carbocycles. The average Bonchev–Trinajstić information content (AvgIpc) is 2.50. The largest absolute Gasteiger partial charge is 0.465 e. The molecule has 0 bridgehead atoms. The maximum atomic E-state index is 12.2. The zero-order chi connectivity index (χ0) is 19.2. The predicted molar refractivity (Wildman–Crippen MR) is 95.1 cm³/mol. The molecular formula is C16H22BrN3O5. The lowest BCUT2D eigenvalue weighted by Gasteiger charge is -2.24. The molecule has 0 aliphatic rings. The van der Waals surface area contributed by atoms with Gasteiger partial charge in [-0.2, -0.15) is 0 Å². The number of halogens is 1. The summed E-state index contributed by atoms with van der Waals surface area (Å²) in [4.78, 5) is 35.2. The molecule has 3 amide bonds. The fraction of sp³-hybridized carbons (Fsp3) is 0.438. The normalized spacial score (nSPS) is 12.2. The summed E-state index contributed by atoms with van der Waals surface area (Å²) in [6.07, 6.45) is -1.37. The van der Waals surface area contributed by atoms with Crippen LogP contribution in [0.1, 0.15) is 36.7 Å². The van der Waals surface area contributed by atoms with Crippen LogP contribution in [0.3, 0.4) is 0 Å². The van der Waals surface area contributed by atoms with Gasteiger partial charge in [0.1, 0.15) is 6.04 Å². The fourth-order valence-electron chi connectivity index (χ4n) is 1.79. The Kier molecular flexibility index (Phi) is 7.38. The van der Waals surface area contributed by atoms with Crippen molar-refractivity contribution in [3.05, 3.63) is 33.8 Å². The van der Waals surface area contributed by atoms with Crippen molar-refractivity contribution in [2.24, 2.45) is 0 Å². The number of rotatable bonds is 5. The second kappa shape index (κ2) is 8.82. The van der Waals surface area contributed by atoms with Crippen molar-refractivity contribution in [1.82, 2.24) is 16.2 Å². The van der Waals surface area contributed by atoms with Crippen LogP contribution < -0.4 is 16.2 Å². The summed E-state index contributed by atoms with van der Waals surface area (Å²) in [7, 11) is 0. The number of nitrogens with one attached hydrogen (secondary N) is 3. The van der Waals surface area contributed by atoms with Crippen LogP contribution in [0.4, 0.5) is 4.79 Å². The summed E-state index contributed by atoms with van der Waals surface area (Å²) in [5.41, 5.74) is 5.02. The number of hydrazine groups is 1. The van der Waals surface area contributed by atoms with E-state index in [0.29, 0.717) is 11.1 Å². The van der Waals surface area contributed by atoms with Gasteiger partial charge < -0.3 is 15.2 Å². The molecule has 0 spiro atoms. The van der Waals surface area contributed by atoms with Crippen molar-refractivity contribution in [3.63, 3.8) is 0 Å². The third-order valence-corrected chi connectivity index (χ3v) is 3.97. The van der Waals surface area contributed by atoms with E-state index >= 15 is 0 Å². The third-order valence-electron chi connectivity index (χ3n) is 3.11. The molecule has 0 aromatic heterocycles. The minimum absolute atomic E-state index is 0.173. The number of ether oxygens (including phenoxy) is 1. The van der Waals surface area contributed by atoms with E-state index in [1.54, 1.807) is 45.9 Å². The molecular weight excluding hydrogens is 394 g/mol. The van der Waals surface area contributed by atoms with E-state index in [4.69, 9.17) is 9.84 Å². The maximum absolute atomic E-state index is 12.2. The first-order chi connectivity index (χ1) is 11.5. The van der Waals surface area contributed by atoms with Gasteiger partial charge in [0.05, 0.1) is 12.2 Å². The summed E-state index contributed by atoms with van der Waals surface area (Å²) < 4.78 is 6.19. The van der Waals surface area contributed by atoms with E-state index in [9.17, 15) is 14.4 Å². The Bertz CT molecular complexity index is 658. The number of carbonyl (C=O) groups is 3. The van der Waals surface area contributed by atoms with Crippen LogP contribution in [0, 0.1) is 6.92 Å². The van der Waals surface area contributed by atoms with E-state index in [2.05, 4.69) is 32.1 Å². The highest BCUT2D eigenvalue weighted by Crippen LogP contribution is 2.19. The number of carboxylic acid groups (broad SMARTS) is 1. The Morgan fingerprint density at radius 2 is 1.88 bits per heavy atom. The first-order valence-electron chi connectivity index (χ1n) is 7.50. The SMILES string of the molecule is Cc1c(Br)cccc1C(=O)NNC(=O)C(COC(C)(C)C)NC(=O)O. The van der Waals surface area contributed by atoms with E-state index in [1.165, 1.54) is 0 Å². The summed E-state index contributed by atoms with van der Waals surface area (Å²) in [6, 6.07) is 3.93.